The molecule has 0 N–H and O–H groups in total. The Kier molecular flexibility index (Phi) is 13.2. The van der Waals surface area contributed by atoms with E-state index in [1.807, 2.05) is 43.5 Å². The van der Waals surface area contributed by atoms with Crippen molar-refractivity contribution >= 4 is 23.3 Å². The van der Waals surface area contributed by atoms with Crippen LogP contribution in [0.15, 0.2) is 64.6 Å². The van der Waals surface area contributed by atoms with Gasteiger partial charge in [0.25, 0.3) is 0 Å². The number of hydrogen-bond acceptors (Lipinski definition) is 2. The number of para-hydroxylation sites is 1. The summed E-state index contributed by atoms with van der Waals surface area (Å²) >= 11 is 0. The third kappa shape index (κ3) is 10.6. The number of aliphatic imine (C=N–C) groups is 2. The second-order valence-electron chi connectivity index (χ2n) is 7.24. The summed E-state index contributed by atoms with van der Waals surface area (Å²) in [6, 6.07) is 18.6. The average molecular weight is 421 g/mol. The first-order chi connectivity index (χ1) is 13.3. The van der Waals surface area contributed by atoms with Crippen LogP contribution in [-0.2, 0) is 22.9 Å². The van der Waals surface area contributed by atoms with Crippen molar-refractivity contribution in [2.45, 2.75) is 71.6 Å². The molecule has 0 aliphatic heterocycles. The topological polar surface area (TPSA) is 24.7 Å². The number of hydrogen-bond donors (Lipinski definition) is 0. The zero-order valence-electron chi connectivity index (χ0n) is 17.3. The molecule has 0 unspecified atom stereocenters. The molecule has 3 heteroatoms. The van der Waals surface area contributed by atoms with E-state index in [9.17, 15) is 0 Å². The summed E-state index contributed by atoms with van der Waals surface area (Å²) in [5, 5.41) is 0. The van der Waals surface area contributed by atoms with Gasteiger partial charge in [0.15, 0.2) is 0 Å². The Labute approximate surface area is 181 Å². The van der Waals surface area contributed by atoms with E-state index in [4.69, 9.17) is 0 Å². The number of aryl methyl sites for hydroxylation is 1. The van der Waals surface area contributed by atoms with Gasteiger partial charge in [0.1, 0.15) is 0 Å². The van der Waals surface area contributed by atoms with Crippen LogP contribution in [0.4, 0.5) is 11.4 Å². The Balaban J connectivity index is 0.00000392. The predicted molar refractivity (Wildman–Crippen MR) is 120 cm³/mol. The standard InChI is InChI=1S/C25H34N2.Ni/c1-3-4-5-6-7-8-9-11-14-23-17-19-25(20-18-23)27-22(2)21-26-24-15-12-10-13-16-24;/h10,12-13,15-21H,3-9,11,14H2,1-2H3;/b26-21+,27-22+;. The molecule has 0 spiro atoms. The van der Waals surface area contributed by atoms with E-state index >= 15 is 0 Å². The minimum atomic E-state index is 0. The molecule has 0 amide bonds. The number of unbranched alkanes of at least 4 members (excludes halogenated alkanes) is 7. The average Bonchev–Trinajstić information content (AvgIpc) is 2.70. The molecule has 2 aromatic rings. The first-order valence-corrected chi connectivity index (χ1v) is 10.5. The third-order valence-electron chi connectivity index (χ3n) is 4.72. The molecule has 0 saturated carbocycles. The first-order valence-electron chi connectivity index (χ1n) is 10.5. The molecule has 0 aliphatic carbocycles. The van der Waals surface area contributed by atoms with E-state index in [0.717, 1.165) is 17.1 Å². The van der Waals surface area contributed by atoms with E-state index in [2.05, 4.69) is 41.2 Å². The summed E-state index contributed by atoms with van der Waals surface area (Å²) in [5.41, 5.74) is 4.27. The van der Waals surface area contributed by atoms with Gasteiger partial charge < -0.3 is 0 Å². The molecule has 0 radical (unpaired) electrons. The summed E-state index contributed by atoms with van der Waals surface area (Å²) in [5.74, 6) is 0. The van der Waals surface area contributed by atoms with Crippen molar-refractivity contribution in [1.82, 2.24) is 0 Å². The minimum Gasteiger partial charge on any atom is -0.255 e. The Bertz CT molecular complexity index is 690. The Hall–Kier alpha value is -1.73. The van der Waals surface area contributed by atoms with Gasteiger partial charge in [0, 0.05) is 22.7 Å². The summed E-state index contributed by atoms with van der Waals surface area (Å²) < 4.78 is 0. The van der Waals surface area contributed by atoms with Crippen LogP contribution in [-0.4, -0.2) is 11.9 Å². The first kappa shape index (κ1) is 24.3. The zero-order chi connectivity index (χ0) is 19.2. The smallest absolute Gasteiger partial charge is 0.0633 e. The van der Waals surface area contributed by atoms with Gasteiger partial charge in [-0.2, -0.15) is 0 Å². The molecule has 0 aromatic heterocycles. The van der Waals surface area contributed by atoms with Gasteiger partial charge in [-0.1, -0.05) is 82.2 Å². The molecule has 0 saturated heterocycles. The summed E-state index contributed by atoms with van der Waals surface area (Å²) in [4.78, 5) is 9.07. The van der Waals surface area contributed by atoms with Crippen molar-refractivity contribution in [3.63, 3.8) is 0 Å². The van der Waals surface area contributed by atoms with Crippen LogP contribution < -0.4 is 0 Å². The van der Waals surface area contributed by atoms with Gasteiger partial charge in [-0.15, -0.1) is 0 Å². The number of benzene rings is 2. The summed E-state index contributed by atoms with van der Waals surface area (Å²) in [6.45, 7) is 4.26. The monoisotopic (exact) mass is 420 g/mol. The van der Waals surface area contributed by atoms with Crippen LogP contribution in [0.2, 0.25) is 0 Å². The molecule has 2 rings (SSSR count). The fourth-order valence-electron chi connectivity index (χ4n) is 3.11. The number of rotatable bonds is 12. The molecule has 2 aromatic carbocycles. The minimum absolute atomic E-state index is 0. The van der Waals surface area contributed by atoms with Gasteiger partial charge in [-0.3, -0.25) is 9.98 Å². The van der Waals surface area contributed by atoms with Crippen molar-refractivity contribution in [2.24, 2.45) is 9.98 Å². The molecule has 154 valence electrons. The maximum absolute atomic E-state index is 4.63. The van der Waals surface area contributed by atoms with Gasteiger partial charge in [-0.05, 0) is 49.6 Å². The fraction of sp³-hybridized carbons (Fsp3) is 0.440. The molecule has 28 heavy (non-hydrogen) atoms. The van der Waals surface area contributed by atoms with Crippen LogP contribution in [0.5, 0.6) is 0 Å². The molecular formula is C25H34N2Ni. The Morgan fingerprint density at radius 2 is 1.36 bits per heavy atom. The second-order valence-corrected chi connectivity index (χ2v) is 7.24. The number of nitrogens with zero attached hydrogens (tertiary/aromatic N) is 2. The zero-order valence-corrected chi connectivity index (χ0v) is 18.3. The van der Waals surface area contributed by atoms with Gasteiger partial charge >= 0.3 is 0 Å². The van der Waals surface area contributed by atoms with Crippen molar-refractivity contribution in [2.75, 3.05) is 0 Å². The maximum atomic E-state index is 4.63. The van der Waals surface area contributed by atoms with Gasteiger partial charge in [0.2, 0.25) is 0 Å². The van der Waals surface area contributed by atoms with Crippen LogP contribution >= 0.6 is 0 Å². The quantitative estimate of drug-likeness (QED) is 0.189. The summed E-state index contributed by atoms with van der Waals surface area (Å²) in [7, 11) is 0. The van der Waals surface area contributed by atoms with E-state index in [1.165, 1.54) is 63.4 Å². The Morgan fingerprint density at radius 3 is 2.00 bits per heavy atom. The van der Waals surface area contributed by atoms with E-state index < -0.39 is 0 Å². The van der Waals surface area contributed by atoms with Crippen LogP contribution in [0.3, 0.4) is 0 Å². The van der Waals surface area contributed by atoms with Crippen LogP contribution in [0, 0.1) is 0 Å². The largest absolute Gasteiger partial charge is 0.255 e. The van der Waals surface area contributed by atoms with Crippen molar-refractivity contribution in [3.8, 4) is 0 Å². The van der Waals surface area contributed by atoms with Crippen molar-refractivity contribution in [3.05, 3.63) is 60.2 Å². The molecule has 2 nitrogen and oxygen atoms in total. The van der Waals surface area contributed by atoms with Crippen LogP contribution in [0.25, 0.3) is 0 Å². The molecule has 0 bridgehead atoms. The maximum Gasteiger partial charge on any atom is 0.0633 e. The molecule has 0 fully saturated rings. The van der Waals surface area contributed by atoms with E-state index in [1.54, 1.807) is 0 Å². The fourth-order valence-corrected chi connectivity index (χ4v) is 3.11. The molecular weight excluding hydrogens is 387 g/mol. The predicted octanol–water partition coefficient (Wildman–Crippen LogP) is 7.86. The van der Waals surface area contributed by atoms with E-state index in [-0.39, 0.29) is 16.5 Å². The SMILES string of the molecule is CCCCCCCCCCc1ccc(/N=C(C)/C=N/c2ccccc2)cc1.[Ni]. The molecule has 0 heterocycles. The molecule has 0 aliphatic rings. The summed E-state index contributed by atoms with van der Waals surface area (Å²) in [6.07, 6.45) is 14.0. The van der Waals surface area contributed by atoms with Gasteiger partial charge in [0.05, 0.1) is 17.1 Å². The third-order valence-corrected chi connectivity index (χ3v) is 4.72. The Morgan fingerprint density at radius 1 is 0.750 bits per heavy atom. The van der Waals surface area contributed by atoms with Crippen molar-refractivity contribution in [1.29, 1.82) is 0 Å². The van der Waals surface area contributed by atoms with Crippen molar-refractivity contribution < 1.29 is 16.5 Å². The van der Waals surface area contributed by atoms with E-state index in [0.29, 0.717) is 0 Å². The second kappa shape index (κ2) is 15.2. The van der Waals surface area contributed by atoms with Gasteiger partial charge in [-0.25, -0.2) is 0 Å². The normalized spacial score (nSPS) is 11.6. The molecule has 0 atom stereocenters. The van der Waals surface area contributed by atoms with Crippen LogP contribution in [0.1, 0.15) is 70.8 Å².